The van der Waals surface area contributed by atoms with Gasteiger partial charge in [-0.1, -0.05) is 17.7 Å². The molecule has 1 saturated heterocycles. The summed E-state index contributed by atoms with van der Waals surface area (Å²) < 4.78 is 5.22. The summed E-state index contributed by atoms with van der Waals surface area (Å²) in [5.74, 6) is 1.28. The standard InChI is InChI=1S/C12H14ClNO2.CH3NO2/c1-16-9-3-2-6-10(11(9)13)7-4-14-5-8(7)12(6)15;2-1(3)4/h2-3,7-8,12,14-15H,4-5H2,1H3;2H2,(H,3,4). The van der Waals surface area contributed by atoms with Crippen LogP contribution in [0.25, 0.3) is 0 Å². The van der Waals surface area contributed by atoms with E-state index in [1.54, 1.807) is 7.11 Å². The van der Waals surface area contributed by atoms with Crippen molar-refractivity contribution in [1.29, 1.82) is 0 Å². The normalized spacial score (nSPS) is 26.2. The first-order valence-corrected chi connectivity index (χ1v) is 6.58. The van der Waals surface area contributed by atoms with E-state index in [1.165, 1.54) is 0 Å². The molecule has 3 rings (SSSR count). The van der Waals surface area contributed by atoms with Gasteiger partial charge in [0.1, 0.15) is 5.75 Å². The van der Waals surface area contributed by atoms with E-state index in [0.717, 1.165) is 24.2 Å². The summed E-state index contributed by atoms with van der Waals surface area (Å²) in [6.45, 7) is 1.75. The van der Waals surface area contributed by atoms with Gasteiger partial charge in [0.2, 0.25) is 0 Å². The fourth-order valence-electron chi connectivity index (χ4n) is 2.96. The van der Waals surface area contributed by atoms with Crippen LogP contribution in [0.15, 0.2) is 12.1 Å². The monoisotopic (exact) mass is 300 g/mol. The van der Waals surface area contributed by atoms with Crippen LogP contribution in [0.2, 0.25) is 5.02 Å². The van der Waals surface area contributed by atoms with Gasteiger partial charge in [-0.15, -0.1) is 0 Å². The van der Waals surface area contributed by atoms with Crippen LogP contribution in [-0.4, -0.2) is 36.5 Å². The quantitative estimate of drug-likeness (QED) is 0.626. The molecule has 7 heteroatoms. The molecule has 0 radical (unpaired) electrons. The average molecular weight is 301 g/mol. The molecule has 2 aliphatic rings. The minimum atomic E-state index is -1.33. The number of halogens is 1. The number of nitrogens with one attached hydrogen (secondary N) is 1. The second kappa shape index (κ2) is 5.87. The molecule has 0 saturated carbocycles. The zero-order chi connectivity index (χ0) is 14.9. The maximum atomic E-state index is 10.2. The maximum Gasteiger partial charge on any atom is 0.402 e. The Labute approximate surface area is 121 Å². The summed E-state index contributed by atoms with van der Waals surface area (Å²) in [6.07, 6.45) is -1.72. The Morgan fingerprint density at radius 3 is 2.75 bits per heavy atom. The molecule has 3 unspecified atom stereocenters. The fourth-order valence-corrected chi connectivity index (χ4v) is 3.35. The van der Waals surface area contributed by atoms with Crippen molar-refractivity contribution in [3.05, 3.63) is 28.3 Å². The number of primary amides is 1. The molecule has 6 nitrogen and oxygen atoms in total. The Hall–Kier alpha value is -1.50. The SMILES string of the molecule is COc1ccc2c(c1Cl)C1CNCC1C2O.NC(=O)O. The van der Waals surface area contributed by atoms with Crippen LogP contribution in [0.4, 0.5) is 4.79 Å². The molecule has 1 aromatic carbocycles. The predicted molar refractivity (Wildman–Crippen MR) is 74.3 cm³/mol. The number of hydrogen-bond acceptors (Lipinski definition) is 4. The Bertz CT molecular complexity index is 519. The van der Waals surface area contributed by atoms with E-state index in [1.807, 2.05) is 12.1 Å². The van der Waals surface area contributed by atoms with Crippen LogP contribution in [0.5, 0.6) is 5.75 Å². The Kier molecular flexibility index (Phi) is 4.37. The lowest BCUT2D eigenvalue weighted by atomic mass is 9.95. The van der Waals surface area contributed by atoms with Gasteiger partial charge in [-0.2, -0.15) is 0 Å². The Balaban J connectivity index is 0.000000328. The number of hydrogen-bond donors (Lipinski definition) is 4. The highest BCUT2D eigenvalue weighted by Gasteiger charge is 2.44. The molecule has 1 aromatic rings. The first-order valence-electron chi connectivity index (χ1n) is 6.20. The van der Waals surface area contributed by atoms with E-state index in [4.69, 9.17) is 26.2 Å². The number of nitrogens with two attached hydrogens (primary N) is 1. The number of methoxy groups -OCH3 is 1. The minimum absolute atomic E-state index is 0.264. The van der Waals surface area contributed by atoms with E-state index < -0.39 is 12.2 Å². The van der Waals surface area contributed by atoms with E-state index in [0.29, 0.717) is 16.7 Å². The van der Waals surface area contributed by atoms with E-state index >= 15 is 0 Å². The first kappa shape index (κ1) is 14.9. The molecule has 0 bridgehead atoms. The second-order valence-corrected chi connectivity index (χ2v) is 5.17. The highest BCUT2D eigenvalue weighted by atomic mass is 35.5. The smallest absolute Gasteiger partial charge is 0.402 e. The largest absolute Gasteiger partial charge is 0.495 e. The molecule has 3 atom stereocenters. The molecular formula is C13H17ClN2O4. The van der Waals surface area contributed by atoms with E-state index in [-0.39, 0.29) is 5.92 Å². The second-order valence-electron chi connectivity index (χ2n) is 4.80. The number of aliphatic hydroxyl groups excluding tert-OH is 1. The number of carboxylic acid groups (broad SMARTS) is 1. The lowest BCUT2D eigenvalue weighted by Crippen LogP contribution is -2.14. The maximum absolute atomic E-state index is 10.2. The summed E-state index contributed by atoms with van der Waals surface area (Å²) in [5, 5.41) is 21.4. The molecule has 5 N–H and O–H groups in total. The molecule has 110 valence electrons. The Morgan fingerprint density at radius 2 is 2.15 bits per heavy atom. The molecule has 1 amide bonds. The molecule has 1 aliphatic carbocycles. The molecule has 0 spiro atoms. The third kappa shape index (κ3) is 2.54. The molecule has 1 heterocycles. The molecule has 1 fully saturated rings. The number of fused-ring (bicyclic) bond motifs is 3. The van der Waals surface area contributed by atoms with Gasteiger partial charge in [0.15, 0.2) is 0 Å². The van der Waals surface area contributed by atoms with E-state index in [9.17, 15) is 5.11 Å². The van der Waals surface area contributed by atoms with Crippen molar-refractivity contribution in [2.24, 2.45) is 11.7 Å². The van der Waals surface area contributed by atoms with Gasteiger partial charge >= 0.3 is 6.09 Å². The molecule has 0 aromatic heterocycles. The lowest BCUT2D eigenvalue weighted by molar-refractivity contribution is 0.126. The topological polar surface area (TPSA) is 105 Å². The highest BCUT2D eigenvalue weighted by Crippen LogP contribution is 2.51. The number of carbonyl (C=O) groups is 1. The Morgan fingerprint density at radius 1 is 1.50 bits per heavy atom. The minimum Gasteiger partial charge on any atom is -0.495 e. The number of ether oxygens (including phenoxy) is 1. The number of aliphatic hydroxyl groups is 1. The van der Waals surface area contributed by atoms with Crippen molar-refractivity contribution in [2.75, 3.05) is 20.2 Å². The number of benzene rings is 1. The summed E-state index contributed by atoms with van der Waals surface area (Å²) in [6, 6.07) is 3.77. The number of rotatable bonds is 1. The van der Waals surface area contributed by atoms with Crippen LogP contribution in [0, 0.1) is 5.92 Å². The zero-order valence-corrected chi connectivity index (χ0v) is 11.7. The lowest BCUT2D eigenvalue weighted by Gasteiger charge is -2.12. The third-order valence-electron chi connectivity index (χ3n) is 3.75. The fraction of sp³-hybridized carbons (Fsp3) is 0.462. The van der Waals surface area contributed by atoms with Gasteiger partial charge in [0, 0.05) is 24.9 Å². The zero-order valence-electron chi connectivity index (χ0n) is 11.0. The van der Waals surface area contributed by atoms with Crippen molar-refractivity contribution in [3.63, 3.8) is 0 Å². The van der Waals surface area contributed by atoms with Crippen LogP contribution in [0.3, 0.4) is 0 Å². The van der Waals surface area contributed by atoms with Crippen LogP contribution in [0.1, 0.15) is 23.1 Å². The van der Waals surface area contributed by atoms with Gasteiger partial charge in [0.05, 0.1) is 18.2 Å². The summed E-state index contributed by atoms with van der Waals surface area (Å²) in [4.78, 5) is 8.78. The summed E-state index contributed by atoms with van der Waals surface area (Å²) in [5.41, 5.74) is 6.07. The first-order chi connectivity index (χ1) is 9.47. The predicted octanol–water partition coefficient (Wildman–Crippen LogP) is 1.32. The van der Waals surface area contributed by atoms with Crippen LogP contribution in [-0.2, 0) is 0 Å². The van der Waals surface area contributed by atoms with E-state index in [2.05, 4.69) is 11.1 Å². The van der Waals surface area contributed by atoms with Gasteiger partial charge in [-0.3, -0.25) is 0 Å². The summed E-state index contributed by atoms with van der Waals surface area (Å²) in [7, 11) is 1.61. The molecular weight excluding hydrogens is 284 g/mol. The highest BCUT2D eigenvalue weighted by molar-refractivity contribution is 6.33. The van der Waals surface area contributed by atoms with Gasteiger partial charge in [0.25, 0.3) is 0 Å². The number of amides is 1. The van der Waals surface area contributed by atoms with Gasteiger partial charge in [-0.25, -0.2) is 4.79 Å². The van der Waals surface area contributed by atoms with Crippen molar-refractivity contribution in [2.45, 2.75) is 12.0 Å². The van der Waals surface area contributed by atoms with Crippen LogP contribution < -0.4 is 15.8 Å². The van der Waals surface area contributed by atoms with Crippen molar-refractivity contribution < 1.29 is 19.7 Å². The van der Waals surface area contributed by atoms with Gasteiger partial charge < -0.3 is 26.0 Å². The third-order valence-corrected chi connectivity index (χ3v) is 4.14. The van der Waals surface area contributed by atoms with Gasteiger partial charge in [-0.05, 0) is 17.2 Å². The van der Waals surface area contributed by atoms with Crippen molar-refractivity contribution in [3.8, 4) is 5.75 Å². The summed E-state index contributed by atoms with van der Waals surface area (Å²) >= 11 is 6.32. The average Bonchev–Trinajstić information content (AvgIpc) is 2.93. The molecule has 1 aliphatic heterocycles. The van der Waals surface area contributed by atoms with Crippen LogP contribution >= 0.6 is 11.6 Å². The van der Waals surface area contributed by atoms with Crippen molar-refractivity contribution >= 4 is 17.7 Å². The molecule has 20 heavy (non-hydrogen) atoms. The van der Waals surface area contributed by atoms with Crippen molar-refractivity contribution in [1.82, 2.24) is 5.32 Å².